The van der Waals surface area contributed by atoms with E-state index in [1.165, 1.54) is 44.5 Å². The summed E-state index contributed by atoms with van der Waals surface area (Å²) in [6.45, 7) is 0. The van der Waals surface area contributed by atoms with Crippen molar-refractivity contribution in [3.05, 3.63) is 342 Å². The zero-order chi connectivity index (χ0) is 55.6. The average molecular weight is 1220 g/mol. The number of aromatic amines is 1. The fraction of sp³-hybridized carbons (Fsp3) is 0.0143. The summed E-state index contributed by atoms with van der Waals surface area (Å²) in [7, 11) is -1.39. The van der Waals surface area contributed by atoms with Crippen LogP contribution < -0.4 is 5.46 Å². The van der Waals surface area contributed by atoms with Crippen molar-refractivity contribution in [3.63, 3.8) is 0 Å². The van der Waals surface area contributed by atoms with E-state index in [1.54, 1.807) is 12.1 Å². The van der Waals surface area contributed by atoms with Crippen LogP contribution in [0.5, 0.6) is 0 Å². The lowest BCUT2D eigenvalue weighted by atomic mass is 9.77. The Kier molecular flexibility index (Phi) is 20.0. The summed E-state index contributed by atoms with van der Waals surface area (Å²) < 4.78 is 5.94. The molecule has 0 fully saturated rings. The molecule has 0 aliphatic heterocycles. The molecule has 0 saturated heterocycles. The molecule has 0 unspecified atom stereocenters. The van der Waals surface area contributed by atoms with Crippen molar-refractivity contribution in [1.82, 2.24) is 29.8 Å². The molecule has 0 aliphatic rings. The maximum Gasteiger partial charge on any atom is 0.488 e. The Balaban J connectivity index is 0.000000134. The van der Waals surface area contributed by atoms with Crippen LogP contribution in [0.15, 0.2) is 325 Å². The van der Waals surface area contributed by atoms with Crippen LogP contribution in [0.4, 0.5) is 0 Å². The number of hydrogen-bond donors (Lipinski definition) is 3. The first kappa shape index (κ1) is 57.7. The average Bonchev–Trinajstić information content (AvgIpc) is 4.43. The Morgan fingerprint density at radius 3 is 1.13 bits per heavy atom. The molecule has 3 N–H and O–H groups in total. The van der Waals surface area contributed by atoms with E-state index in [1.807, 2.05) is 131 Å². The Labute approximate surface area is 501 Å². The molecule has 0 atom stereocenters. The fourth-order valence-corrected chi connectivity index (χ4v) is 10.2. The van der Waals surface area contributed by atoms with Crippen molar-refractivity contribution >= 4 is 56.8 Å². The standard InChI is InChI=1S/C22H17BrN2.C21H15BrN2.C15H12N2.C12H11BO2.ClH/c23-21-16-24-25(17-21)22(18-10-4-1-5-11-18,19-12-6-2-7-13-19)20-14-8-3-9-15-20;22-20-7-4-8-21(13-20)24-15-19(14-23-24)18-11-9-17(10-12-18)16-5-2-1-3-6-16;1-2-4-12(5-3-1)13-6-8-14(9-7-13)15-10-16-17-11-15;14-13(15)12-8-6-11(7-9-12)10-4-2-1-3-5-10;/h1-17H;1-15H;1-11H,(H,16,17);1-9,14-15H;1H. The summed E-state index contributed by atoms with van der Waals surface area (Å²) in [4.78, 5) is 0. The Morgan fingerprint density at radius 2 is 0.756 bits per heavy atom. The largest absolute Gasteiger partial charge is 0.488 e. The van der Waals surface area contributed by atoms with Gasteiger partial charge in [-0.15, -0.1) is 12.4 Å². The molecule has 13 aromatic rings. The second-order valence-corrected chi connectivity index (χ2v) is 20.6. The Morgan fingerprint density at radius 1 is 0.366 bits per heavy atom. The summed E-state index contributed by atoms with van der Waals surface area (Å²) in [6, 6.07) is 94.7. The molecule has 3 aromatic heterocycles. The molecule has 8 nitrogen and oxygen atoms in total. The molecular formula is C70H56BBr2ClN6O2. The number of aromatic nitrogens is 6. The molecule has 0 bridgehead atoms. The summed E-state index contributed by atoms with van der Waals surface area (Å²) in [5.74, 6) is 0. The van der Waals surface area contributed by atoms with E-state index in [-0.39, 0.29) is 12.4 Å². The van der Waals surface area contributed by atoms with Gasteiger partial charge in [-0.05, 0) is 101 Å². The third-order valence-corrected chi connectivity index (χ3v) is 14.5. The highest BCUT2D eigenvalue weighted by atomic mass is 79.9. The highest BCUT2D eigenvalue weighted by molar-refractivity contribution is 9.10. The lowest BCUT2D eigenvalue weighted by Crippen LogP contribution is -2.38. The van der Waals surface area contributed by atoms with Gasteiger partial charge < -0.3 is 10.0 Å². The molecule has 0 amide bonds. The van der Waals surface area contributed by atoms with Crippen LogP contribution in [0.25, 0.3) is 61.3 Å². The summed E-state index contributed by atoms with van der Waals surface area (Å²) in [5, 5.41) is 33.8. The first-order chi connectivity index (χ1) is 39.8. The molecule has 402 valence electrons. The van der Waals surface area contributed by atoms with Crippen molar-refractivity contribution in [1.29, 1.82) is 0 Å². The predicted molar refractivity (Wildman–Crippen MR) is 345 cm³/mol. The summed E-state index contributed by atoms with van der Waals surface area (Å²) in [5.41, 5.74) is 16.2. The van der Waals surface area contributed by atoms with Crippen molar-refractivity contribution in [2.75, 3.05) is 0 Å². The second-order valence-electron chi connectivity index (χ2n) is 18.8. The van der Waals surface area contributed by atoms with Gasteiger partial charge in [0.25, 0.3) is 0 Å². The van der Waals surface area contributed by atoms with Gasteiger partial charge >= 0.3 is 7.12 Å². The molecule has 0 spiro atoms. The smallest absolute Gasteiger partial charge is 0.423 e. The summed E-state index contributed by atoms with van der Waals surface area (Å²) >= 11 is 7.06. The number of nitrogens with one attached hydrogen (secondary N) is 1. The van der Waals surface area contributed by atoms with Crippen LogP contribution in [0.3, 0.4) is 0 Å². The number of hydrogen-bond acceptors (Lipinski definition) is 5. The third-order valence-electron chi connectivity index (χ3n) is 13.6. The van der Waals surface area contributed by atoms with Gasteiger partial charge in [0.15, 0.2) is 0 Å². The minimum absolute atomic E-state index is 0. The van der Waals surface area contributed by atoms with E-state index >= 15 is 0 Å². The van der Waals surface area contributed by atoms with Gasteiger partial charge in [-0.25, -0.2) is 4.68 Å². The molecule has 13 rings (SSSR count). The molecule has 12 heteroatoms. The zero-order valence-electron chi connectivity index (χ0n) is 44.4. The van der Waals surface area contributed by atoms with Crippen LogP contribution in [-0.4, -0.2) is 46.9 Å². The van der Waals surface area contributed by atoms with E-state index in [4.69, 9.17) is 10.0 Å². The van der Waals surface area contributed by atoms with Gasteiger partial charge in [0.1, 0.15) is 5.54 Å². The van der Waals surface area contributed by atoms with E-state index in [0.29, 0.717) is 5.46 Å². The van der Waals surface area contributed by atoms with Crippen molar-refractivity contribution in [2.45, 2.75) is 5.54 Å². The minimum atomic E-state index is -1.39. The molecule has 0 saturated carbocycles. The lowest BCUT2D eigenvalue weighted by molar-refractivity contribution is 0.426. The van der Waals surface area contributed by atoms with Crippen LogP contribution >= 0.6 is 44.3 Å². The number of benzene rings is 10. The van der Waals surface area contributed by atoms with Crippen LogP contribution in [0, 0.1) is 0 Å². The highest BCUT2D eigenvalue weighted by Gasteiger charge is 2.39. The number of H-pyrrole nitrogens is 1. The Hall–Kier alpha value is -8.94. The maximum absolute atomic E-state index is 8.94. The number of rotatable bonds is 11. The van der Waals surface area contributed by atoms with Gasteiger partial charge in [-0.1, -0.05) is 277 Å². The summed E-state index contributed by atoms with van der Waals surface area (Å²) in [6.07, 6.45) is 11.6. The quantitative estimate of drug-likeness (QED) is 0.0884. The lowest BCUT2D eigenvalue weighted by Gasteiger charge is -2.36. The van der Waals surface area contributed by atoms with E-state index in [2.05, 4.69) is 234 Å². The van der Waals surface area contributed by atoms with Gasteiger partial charge in [0.05, 0.1) is 28.8 Å². The topological polar surface area (TPSA) is 105 Å². The Bertz CT molecular complexity index is 3860. The highest BCUT2D eigenvalue weighted by Crippen LogP contribution is 2.41. The minimum Gasteiger partial charge on any atom is -0.423 e. The zero-order valence-corrected chi connectivity index (χ0v) is 48.4. The van der Waals surface area contributed by atoms with Crippen LogP contribution in [-0.2, 0) is 5.54 Å². The molecular weight excluding hydrogens is 1160 g/mol. The van der Waals surface area contributed by atoms with E-state index < -0.39 is 12.7 Å². The maximum atomic E-state index is 8.94. The molecule has 3 heterocycles. The molecule has 82 heavy (non-hydrogen) atoms. The third kappa shape index (κ3) is 14.3. The van der Waals surface area contributed by atoms with Crippen LogP contribution in [0.2, 0.25) is 0 Å². The first-order valence-electron chi connectivity index (χ1n) is 26.3. The molecule has 0 radical (unpaired) electrons. The van der Waals surface area contributed by atoms with Gasteiger partial charge in [0, 0.05) is 34.2 Å². The molecule has 10 aromatic carbocycles. The van der Waals surface area contributed by atoms with Gasteiger partial charge in [0.2, 0.25) is 0 Å². The molecule has 0 aliphatic carbocycles. The normalized spacial score (nSPS) is 10.6. The monoisotopic (exact) mass is 1220 g/mol. The SMILES string of the molecule is Brc1cccc(-n2cc(-c3ccc(-c4ccccc4)cc3)cn2)c1.Brc1cnn(C(c2ccccc2)(c2ccccc2)c2ccccc2)c1.Cl.OB(O)c1ccc(-c2ccccc2)cc1.c1ccc(-c2ccc(-c3cn[nH]c3)cc2)cc1. The van der Waals surface area contributed by atoms with Crippen molar-refractivity contribution in [3.8, 4) is 61.3 Å². The first-order valence-corrected chi connectivity index (χ1v) is 27.9. The van der Waals surface area contributed by atoms with Gasteiger partial charge in [-0.3, -0.25) is 9.78 Å². The van der Waals surface area contributed by atoms with Gasteiger partial charge in [-0.2, -0.15) is 15.3 Å². The predicted octanol–water partition coefficient (Wildman–Crippen LogP) is 16.7. The second kappa shape index (κ2) is 28.5. The van der Waals surface area contributed by atoms with E-state index in [9.17, 15) is 0 Å². The van der Waals surface area contributed by atoms with Crippen molar-refractivity contribution in [2.24, 2.45) is 0 Å². The number of nitrogens with zero attached hydrogens (tertiary/aromatic N) is 5. The fourth-order valence-electron chi connectivity index (χ4n) is 9.51. The van der Waals surface area contributed by atoms with Crippen molar-refractivity contribution < 1.29 is 10.0 Å². The van der Waals surface area contributed by atoms with Crippen LogP contribution in [0.1, 0.15) is 16.7 Å². The number of halogens is 3. The van der Waals surface area contributed by atoms with E-state index in [0.717, 1.165) is 42.5 Å².